The van der Waals surface area contributed by atoms with Gasteiger partial charge in [0, 0.05) is 0 Å². The lowest BCUT2D eigenvalue weighted by atomic mass is 10.1. The molecule has 1 aromatic carbocycles. The SMILES string of the molecule is CC(C)[C@H](O)C(=O)Nc1sc(S(=O)(=O)c2ccc(F)cc2C(F)(F)F)cc1C(N)=O. The minimum absolute atomic E-state index is 0.0389. The summed E-state index contributed by atoms with van der Waals surface area (Å²) in [5.74, 6) is -3.92. The molecule has 4 N–H and O–H groups in total. The van der Waals surface area contributed by atoms with Gasteiger partial charge in [-0.1, -0.05) is 13.8 Å². The molecule has 0 spiro atoms. The Morgan fingerprint density at radius 1 is 1.20 bits per heavy atom. The molecule has 1 aromatic heterocycles. The van der Waals surface area contributed by atoms with Gasteiger partial charge in [-0.3, -0.25) is 9.59 Å². The Bertz CT molecular complexity index is 1090. The van der Waals surface area contributed by atoms with E-state index in [4.69, 9.17) is 5.73 Å². The van der Waals surface area contributed by atoms with E-state index in [0.29, 0.717) is 18.2 Å². The van der Waals surface area contributed by atoms with E-state index in [9.17, 15) is 40.7 Å². The number of primary amides is 1. The van der Waals surface area contributed by atoms with E-state index >= 15 is 0 Å². The fourth-order valence-electron chi connectivity index (χ4n) is 2.33. The monoisotopic (exact) mass is 468 g/mol. The fourth-order valence-corrected chi connectivity index (χ4v) is 5.29. The highest BCUT2D eigenvalue weighted by atomic mass is 32.2. The zero-order valence-electron chi connectivity index (χ0n) is 15.5. The van der Waals surface area contributed by atoms with Gasteiger partial charge in [-0.25, -0.2) is 12.8 Å². The Morgan fingerprint density at radius 3 is 2.30 bits per heavy atom. The molecule has 0 unspecified atom stereocenters. The third-order valence-corrected chi connectivity index (χ3v) is 7.25. The lowest BCUT2D eigenvalue weighted by molar-refractivity contribution is -0.140. The molecular weight excluding hydrogens is 452 g/mol. The van der Waals surface area contributed by atoms with Crippen molar-refractivity contribution >= 4 is 38.0 Å². The van der Waals surface area contributed by atoms with Gasteiger partial charge in [0.2, 0.25) is 9.84 Å². The topological polar surface area (TPSA) is 127 Å². The third-order valence-electron chi connectivity index (χ3n) is 3.91. The zero-order valence-corrected chi connectivity index (χ0v) is 17.1. The largest absolute Gasteiger partial charge is 0.417 e. The number of anilines is 1. The smallest absolute Gasteiger partial charge is 0.383 e. The van der Waals surface area contributed by atoms with E-state index in [1.165, 1.54) is 13.8 Å². The molecule has 13 heteroatoms. The molecule has 30 heavy (non-hydrogen) atoms. The van der Waals surface area contributed by atoms with Crippen molar-refractivity contribution in [2.45, 2.75) is 35.2 Å². The lowest BCUT2D eigenvalue weighted by Gasteiger charge is -2.14. The van der Waals surface area contributed by atoms with E-state index in [2.05, 4.69) is 5.32 Å². The number of nitrogens with one attached hydrogen (secondary N) is 1. The Hall–Kier alpha value is -2.51. The van der Waals surface area contributed by atoms with Gasteiger partial charge >= 0.3 is 6.18 Å². The molecule has 2 amide bonds. The summed E-state index contributed by atoms with van der Waals surface area (Å²) in [5.41, 5.74) is 2.97. The van der Waals surface area contributed by atoms with Gasteiger partial charge in [-0.2, -0.15) is 13.2 Å². The second kappa shape index (κ2) is 8.32. The first kappa shape index (κ1) is 23.8. The number of hydrogen-bond donors (Lipinski definition) is 3. The minimum atomic E-state index is -5.17. The van der Waals surface area contributed by atoms with Crippen LogP contribution in [0.2, 0.25) is 0 Å². The maximum absolute atomic E-state index is 13.3. The summed E-state index contributed by atoms with van der Waals surface area (Å²) >= 11 is 0.278. The van der Waals surface area contributed by atoms with Crippen molar-refractivity contribution in [2.75, 3.05) is 5.32 Å². The normalized spacial score (nSPS) is 13.3. The van der Waals surface area contributed by atoms with Crippen molar-refractivity contribution in [3.63, 3.8) is 0 Å². The summed E-state index contributed by atoms with van der Waals surface area (Å²) in [6.07, 6.45) is -6.67. The van der Waals surface area contributed by atoms with Crippen LogP contribution in [-0.4, -0.2) is 31.4 Å². The van der Waals surface area contributed by atoms with Crippen molar-refractivity contribution in [3.8, 4) is 0 Å². The number of carbonyl (C=O) groups excluding carboxylic acids is 2. The number of aliphatic hydroxyl groups excluding tert-OH is 1. The molecule has 7 nitrogen and oxygen atoms in total. The first-order chi connectivity index (χ1) is 13.7. The van der Waals surface area contributed by atoms with Crippen molar-refractivity contribution < 1.29 is 40.7 Å². The van der Waals surface area contributed by atoms with Gasteiger partial charge in [-0.05, 0) is 30.2 Å². The Kier molecular flexibility index (Phi) is 6.59. The first-order valence-electron chi connectivity index (χ1n) is 8.20. The van der Waals surface area contributed by atoms with Crippen molar-refractivity contribution in [1.29, 1.82) is 0 Å². The molecule has 164 valence electrons. The number of rotatable bonds is 6. The van der Waals surface area contributed by atoms with Gasteiger partial charge in [-0.15, -0.1) is 11.3 Å². The van der Waals surface area contributed by atoms with Crippen LogP contribution in [0, 0.1) is 11.7 Å². The quantitative estimate of drug-likeness (QED) is 0.444. The third kappa shape index (κ3) is 4.79. The number of sulfone groups is 1. The van der Waals surface area contributed by atoms with Gasteiger partial charge in [0.1, 0.15) is 21.1 Å². The summed E-state index contributed by atoms with van der Waals surface area (Å²) in [6, 6.07) is 1.75. The van der Waals surface area contributed by atoms with E-state index in [1.54, 1.807) is 0 Å². The molecule has 0 aliphatic rings. The standard InChI is InChI=1S/C17H16F4N2O5S2/c1-7(2)13(24)15(26)23-16-9(14(22)25)6-12(29-16)30(27,28)11-4-3-8(18)5-10(11)17(19,20)21/h3-7,13,24H,1-2H3,(H2,22,25)(H,23,26)/t13-/m0/s1. The van der Waals surface area contributed by atoms with E-state index < -0.39 is 65.9 Å². The second-order valence-electron chi connectivity index (χ2n) is 6.49. The number of alkyl halides is 3. The average Bonchev–Trinajstić information content (AvgIpc) is 3.04. The van der Waals surface area contributed by atoms with E-state index in [1.807, 2.05) is 0 Å². The van der Waals surface area contributed by atoms with Crippen LogP contribution in [0.1, 0.15) is 29.8 Å². The minimum Gasteiger partial charge on any atom is -0.383 e. The predicted octanol–water partition coefficient (Wildman–Crippen LogP) is 2.79. The Morgan fingerprint density at radius 2 is 1.80 bits per heavy atom. The molecule has 2 aromatic rings. The molecule has 0 saturated carbocycles. The molecule has 1 atom stereocenters. The molecule has 0 aliphatic carbocycles. The van der Waals surface area contributed by atoms with Crippen LogP contribution >= 0.6 is 11.3 Å². The summed E-state index contributed by atoms with van der Waals surface area (Å²) < 4.78 is 77.9. The summed E-state index contributed by atoms with van der Waals surface area (Å²) in [4.78, 5) is 22.5. The number of benzene rings is 1. The van der Waals surface area contributed by atoms with Crippen LogP contribution in [0.25, 0.3) is 0 Å². The number of halogens is 4. The maximum Gasteiger partial charge on any atom is 0.417 e. The highest BCUT2D eigenvalue weighted by Gasteiger charge is 2.39. The van der Waals surface area contributed by atoms with Crippen LogP contribution in [-0.2, 0) is 20.8 Å². The second-order valence-corrected chi connectivity index (χ2v) is 9.69. The van der Waals surface area contributed by atoms with Crippen LogP contribution in [0.15, 0.2) is 33.4 Å². The van der Waals surface area contributed by atoms with Gasteiger partial charge < -0.3 is 16.2 Å². The number of hydrogen-bond acceptors (Lipinski definition) is 6. The van der Waals surface area contributed by atoms with Gasteiger partial charge in [0.15, 0.2) is 0 Å². The van der Waals surface area contributed by atoms with E-state index in [0.717, 1.165) is 0 Å². The summed E-state index contributed by atoms with van der Waals surface area (Å²) in [5, 5.41) is 11.6. The number of carbonyl (C=O) groups is 2. The Labute approximate surface area is 172 Å². The van der Waals surface area contributed by atoms with Gasteiger partial charge in [0.05, 0.1) is 16.0 Å². The van der Waals surface area contributed by atoms with Crippen molar-refractivity contribution in [1.82, 2.24) is 0 Å². The number of nitrogens with two attached hydrogens (primary N) is 1. The molecule has 1 heterocycles. The molecular formula is C17H16F4N2O5S2. The van der Waals surface area contributed by atoms with Crippen molar-refractivity contribution in [2.24, 2.45) is 11.7 Å². The highest BCUT2D eigenvalue weighted by Crippen LogP contribution is 2.40. The fraction of sp³-hybridized carbons (Fsp3) is 0.294. The number of aliphatic hydroxyl groups is 1. The maximum atomic E-state index is 13.3. The predicted molar refractivity (Wildman–Crippen MR) is 99.2 cm³/mol. The Balaban J connectivity index is 2.60. The molecule has 0 aliphatic heterocycles. The van der Waals surface area contributed by atoms with Crippen LogP contribution in [0.3, 0.4) is 0 Å². The molecule has 0 saturated heterocycles. The number of amides is 2. The van der Waals surface area contributed by atoms with Crippen molar-refractivity contribution in [3.05, 3.63) is 41.2 Å². The summed E-state index contributed by atoms with van der Waals surface area (Å²) in [7, 11) is -4.87. The van der Waals surface area contributed by atoms with E-state index in [-0.39, 0.29) is 22.4 Å². The van der Waals surface area contributed by atoms with Crippen LogP contribution in [0.5, 0.6) is 0 Å². The van der Waals surface area contributed by atoms with Crippen LogP contribution in [0.4, 0.5) is 22.6 Å². The molecule has 0 radical (unpaired) electrons. The molecule has 0 bridgehead atoms. The highest BCUT2D eigenvalue weighted by molar-refractivity contribution is 7.93. The molecule has 2 rings (SSSR count). The average molecular weight is 468 g/mol. The zero-order chi connectivity index (χ0) is 23.0. The lowest BCUT2D eigenvalue weighted by Crippen LogP contribution is -2.32. The van der Waals surface area contributed by atoms with Gasteiger partial charge in [0.25, 0.3) is 11.8 Å². The first-order valence-corrected chi connectivity index (χ1v) is 10.5. The summed E-state index contributed by atoms with van der Waals surface area (Å²) in [6.45, 7) is 3.05. The molecule has 0 fully saturated rings. The number of thiophene rings is 1. The van der Waals surface area contributed by atoms with Crippen LogP contribution < -0.4 is 11.1 Å².